The highest BCUT2D eigenvalue weighted by atomic mass is 35.5. The second kappa shape index (κ2) is 8.02. The van der Waals surface area contributed by atoms with E-state index in [-0.39, 0.29) is 30.2 Å². The van der Waals surface area contributed by atoms with Gasteiger partial charge in [-0.15, -0.1) is 0 Å². The van der Waals surface area contributed by atoms with Crippen LogP contribution in [0.3, 0.4) is 0 Å². The Bertz CT molecular complexity index is 1080. The summed E-state index contributed by atoms with van der Waals surface area (Å²) in [4.78, 5) is 0.124. The van der Waals surface area contributed by atoms with Crippen LogP contribution in [0.4, 0.5) is 0 Å². The number of aryl methyl sites for hydroxylation is 1. The molecule has 1 atom stereocenters. The molecule has 0 saturated carbocycles. The summed E-state index contributed by atoms with van der Waals surface area (Å²) in [7, 11) is -5.84. The van der Waals surface area contributed by atoms with E-state index in [1.54, 1.807) is 43.3 Å². The molecule has 0 aromatic heterocycles. The van der Waals surface area contributed by atoms with Crippen molar-refractivity contribution in [2.75, 3.05) is 26.0 Å². The number of nitrogens with zero attached hydrogens (tertiary/aromatic N) is 1. The zero-order chi connectivity index (χ0) is 20.5. The van der Waals surface area contributed by atoms with Gasteiger partial charge in [-0.05, 0) is 48.7 Å². The Labute approximate surface area is 171 Å². The summed E-state index contributed by atoms with van der Waals surface area (Å²) in [5.41, 5.74) is 1.21. The van der Waals surface area contributed by atoms with Crippen LogP contribution in [0.1, 0.15) is 22.8 Å². The average Bonchev–Trinajstić information content (AvgIpc) is 2.80. The van der Waals surface area contributed by atoms with Gasteiger partial charge in [0.2, 0.25) is 10.0 Å². The highest BCUT2D eigenvalue weighted by Gasteiger charge is 2.36. The fraction of sp³-hybridized carbons (Fsp3) is 0.368. The highest BCUT2D eigenvalue weighted by Crippen LogP contribution is 2.35. The SMILES string of the molecule is COc1ccc(S(=O)(=O)N2CC[C@@H](c3ccccc3Cl)S(=O)(=O)CC2)cc1C. The summed E-state index contributed by atoms with van der Waals surface area (Å²) in [5.74, 6) is 0.341. The van der Waals surface area contributed by atoms with Crippen molar-refractivity contribution < 1.29 is 21.6 Å². The fourth-order valence-electron chi connectivity index (χ4n) is 3.41. The molecule has 0 N–H and O–H groups in total. The first-order chi connectivity index (χ1) is 13.2. The van der Waals surface area contributed by atoms with Gasteiger partial charge >= 0.3 is 0 Å². The van der Waals surface area contributed by atoms with Gasteiger partial charge in [-0.25, -0.2) is 16.8 Å². The summed E-state index contributed by atoms with van der Waals surface area (Å²) in [5, 5.41) is -0.447. The lowest BCUT2D eigenvalue weighted by Crippen LogP contribution is -2.33. The number of ether oxygens (including phenoxy) is 1. The van der Waals surface area contributed by atoms with Crippen LogP contribution in [0.25, 0.3) is 0 Å². The number of sulfone groups is 1. The van der Waals surface area contributed by atoms with Crippen LogP contribution >= 0.6 is 11.6 Å². The summed E-state index contributed by atoms with van der Waals surface area (Å²) in [6.07, 6.45) is 0.153. The summed E-state index contributed by atoms with van der Waals surface area (Å²) >= 11 is 6.20. The lowest BCUT2D eigenvalue weighted by molar-refractivity contribution is 0.410. The molecule has 152 valence electrons. The molecule has 2 aromatic rings. The lowest BCUT2D eigenvalue weighted by atomic mass is 10.1. The van der Waals surface area contributed by atoms with Gasteiger partial charge in [-0.1, -0.05) is 29.8 Å². The first kappa shape index (κ1) is 21.1. The largest absolute Gasteiger partial charge is 0.496 e. The second-order valence-electron chi connectivity index (χ2n) is 6.70. The van der Waals surface area contributed by atoms with Gasteiger partial charge in [0.15, 0.2) is 9.84 Å². The molecule has 0 radical (unpaired) electrons. The highest BCUT2D eigenvalue weighted by molar-refractivity contribution is 7.92. The van der Waals surface area contributed by atoms with Gasteiger partial charge in [0.25, 0.3) is 0 Å². The molecule has 9 heteroatoms. The maximum atomic E-state index is 13.1. The summed E-state index contributed by atoms with van der Waals surface area (Å²) < 4.78 is 58.2. The normalized spacial score (nSPS) is 20.5. The third kappa shape index (κ3) is 4.05. The van der Waals surface area contributed by atoms with E-state index in [9.17, 15) is 16.8 Å². The van der Waals surface area contributed by atoms with Crippen LogP contribution in [-0.2, 0) is 19.9 Å². The molecule has 6 nitrogen and oxygen atoms in total. The van der Waals surface area contributed by atoms with Crippen molar-refractivity contribution in [3.8, 4) is 5.75 Å². The summed E-state index contributed by atoms with van der Waals surface area (Å²) in [6, 6.07) is 11.4. The molecular formula is C19H22ClNO5S2. The molecule has 1 saturated heterocycles. The minimum absolute atomic E-state index is 0.0866. The second-order valence-corrected chi connectivity index (χ2v) is 11.3. The first-order valence-electron chi connectivity index (χ1n) is 8.77. The molecule has 3 rings (SSSR count). The quantitative estimate of drug-likeness (QED) is 0.724. The average molecular weight is 444 g/mol. The number of benzene rings is 2. The van der Waals surface area contributed by atoms with E-state index in [2.05, 4.69) is 0 Å². The Morgan fingerprint density at radius 1 is 1.14 bits per heavy atom. The number of rotatable bonds is 4. The number of hydrogen-bond acceptors (Lipinski definition) is 5. The van der Waals surface area contributed by atoms with Crippen molar-refractivity contribution >= 4 is 31.5 Å². The van der Waals surface area contributed by atoms with Crippen molar-refractivity contribution in [2.24, 2.45) is 0 Å². The van der Waals surface area contributed by atoms with Gasteiger partial charge in [-0.2, -0.15) is 4.31 Å². The molecule has 0 aliphatic carbocycles. The predicted octanol–water partition coefficient (Wildman–Crippen LogP) is 3.21. The van der Waals surface area contributed by atoms with Crippen LogP contribution in [0.2, 0.25) is 5.02 Å². The summed E-state index contributed by atoms with van der Waals surface area (Å²) in [6.45, 7) is 1.78. The van der Waals surface area contributed by atoms with E-state index < -0.39 is 25.1 Å². The molecule has 2 aromatic carbocycles. The number of hydrogen-bond donors (Lipinski definition) is 0. The van der Waals surface area contributed by atoms with E-state index in [0.717, 1.165) is 0 Å². The zero-order valence-corrected chi connectivity index (χ0v) is 18.0. The van der Waals surface area contributed by atoms with Gasteiger partial charge < -0.3 is 4.74 Å². The molecule has 0 spiro atoms. The monoisotopic (exact) mass is 443 g/mol. The predicted molar refractivity (Wildman–Crippen MR) is 109 cm³/mol. The third-order valence-electron chi connectivity index (χ3n) is 4.96. The van der Waals surface area contributed by atoms with E-state index in [1.807, 2.05) is 0 Å². The van der Waals surface area contributed by atoms with Crippen molar-refractivity contribution in [3.05, 3.63) is 58.6 Å². The Hall–Kier alpha value is -1.61. The van der Waals surface area contributed by atoms with Gasteiger partial charge in [0, 0.05) is 18.1 Å². The molecule has 1 aliphatic heterocycles. The number of sulfonamides is 1. The van der Waals surface area contributed by atoms with Gasteiger partial charge in [0.05, 0.1) is 23.0 Å². The van der Waals surface area contributed by atoms with Crippen molar-refractivity contribution in [1.29, 1.82) is 0 Å². The van der Waals surface area contributed by atoms with Gasteiger partial charge in [-0.3, -0.25) is 0 Å². The maximum Gasteiger partial charge on any atom is 0.243 e. The maximum absolute atomic E-state index is 13.1. The van der Waals surface area contributed by atoms with Crippen molar-refractivity contribution in [2.45, 2.75) is 23.5 Å². The van der Waals surface area contributed by atoms with Crippen LogP contribution in [0.5, 0.6) is 5.75 Å². The van der Waals surface area contributed by atoms with E-state index >= 15 is 0 Å². The standard InChI is InChI=1S/C19H22ClNO5S2/c1-14-13-15(7-8-18(14)26-2)28(24,25)21-10-9-19(27(22,23)12-11-21)16-5-3-4-6-17(16)20/h3-8,13,19H,9-12H2,1-2H3/t19-/m0/s1. The van der Waals surface area contributed by atoms with Gasteiger partial charge in [0.1, 0.15) is 5.75 Å². The minimum atomic E-state index is -3.82. The van der Waals surface area contributed by atoms with Crippen LogP contribution in [0, 0.1) is 6.92 Å². The van der Waals surface area contributed by atoms with E-state index in [4.69, 9.17) is 16.3 Å². The molecule has 0 bridgehead atoms. The van der Waals surface area contributed by atoms with Crippen molar-refractivity contribution in [1.82, 2.24) is 4.31 Å². The van der Waals surface area contributed by atoms with E-state index in [1.165, 1.54) is 17.5 Å². The zero-order valence-electron chi connectivity index (χ0n) is 15.6. The molecule has 0 unspecified atom stereocenters. The minimum Gasteiger partial charge on any atom is -0.496 e. The van der Waals surface area contributed by atoms with E-state index in [0.29, 0.717) is 21.9 Å². The van der Waals surface area contributed by atoms with Crippen LogP contribution < -0.4 is 4.74 Å². The number of methoxy groups -OCH3 is 1. The smallest absolute Gasteiger partial charge is 0.243 e. The molecule has 1 aliphatic rings. The molecular weight excluding hydrogens is 422 g/mol. The molecule has 1 heterocycles. The molecule has 0 amide bonds. The Morgan fingerprint density at radius 3 is 2.50 bits per heavy atom. The number of halogens is 1. The van der Waals surface area contributed by atoms with Crippen LogP contribution in [-0.4, -0.2) is 47.1 Å². The Kier molecular flexibility index (Phi) is 6.05. The van der Waals surface area contributed by atoms with Crippen molar-refractivity contribution in [3.63, 3.8) is 0 Å². The third-order valence-corrected chi connectivity index (χ3v) is 9.30. The lowest BCUT2D eigenvalue weighted by Gasteiger charge is -2.20. The molecule has 1 fully saturated rings. The first-order valence-corrected chi connectivity index (χ1v) is 12.3. The Balaban J connectivity index is 1.92. The fourth-order valence-corrected chi connectivity index (χ4v) is 7.22. The topological polar surface area (TPSA) is 80.8 Å². The Morgan fingerprint density at radius 2 is 1.86 bits per heavy atom. The molecule has 28 heavy (non-hydrogen) atoms. The van der Waals surface area contributed by atoms with Crippen LogP contribution in [0.15, 0.2) is 47.4 Å².